The Morgan fingerprint density at radius 3 is 2.55 bits per heavy atom. The van der Waals surface area contributed by atoms with Gasteiger partial charge in [-0.1, -0.05) is 12.1 Å². The molecule has 9 heteroatoms. The fraction of sp³-hybridized carbons (Fsp3) is 0.318. The quantitative estimate of drug-likeness (QED) is 0.427. The summed E-state index contributed by atoms with van der Waals surface area (Å²) in [6, 6.07) is 7.59. The molecule has 164 valence electrons. The van der Waals surface area contributed by atoms with E-state index >= 15 is 0 Å². The normalized spacial score (nSPS) is 15.3. The molecule has 0 spiro atoms. The molecule has 3 rings (SSSR count). The molecule has 1 aromatic carbocycles. The van der Waals surface area contributed by atoms with Gasteiger partial charge in [0.1, 0.15) is 17.1 Å². The summed E-state index contributed by atoms with van der Waals surface area (Å²) in [6.45, 7) is 5.55. The molecule has 0 saturated carbocycles. The lowest BCUT2D eigenvalue weighted by Gasteiger charge is -2.24. The van der Waals surface area contributed by atoms with Gasteiger partial charge in [-0.2, -0.15) is 0 Å². The zero-order chi connectivity index (χ0) is 22.8. The highest BCUT2D eigenvalue weighted by Crippen LogP contribution is 2.35. The van der Waals surface area contributed by atoms with Crippen molar-refractivity contribution in [3.63, 3.8) is 0 Å². The minimum absolute atomic E-state index is 0.0133. The lowest BCUT2D eigenvalue weighted by molar-refractivity contribution is -0.123. The first kappa shape index (κ1) is 21.9. The zero-order valence-electron chi connectivity index (χ0n) is 18.0. The van der Waals surface area contributed by atoms with E-state index in [1.165, 1.54) is 32.4 Å². The Bertz CT molecular complexity index is 1050. The summed E-state index contributed by atoms with van der Waals surface area (Å²) in [7, 11) is 2.76. The van der Waals surface area contributed by atoms with Crippen molar-refractivity contribution in [2.75, 3.05) is 14.2 Å². The third-order valence-electron chi connectivity index (χ3n) is 4.26. The molecule has 0 bridgehead atoms. The molecular weight excluding hydrogens is 404 g/mol. The molecule has 1 aromatic heterocycles. The second kappa shape index (κ2) is 8.55. The Morgan fingerprint density at radius 2 is 1.90 bits per heavy atom. The molecule has 9 nitrogen and oxygen atoms in total. The van der Waals surface area contributed by atoms with Gasteiger partial charge in [0.2, 0.25) is 5.76 Å². The molecule has 1 fully saturated rings. The van der Waals surface area contributed by atoms with Crippen molar-refractivity contribution >= 4 is 24.0 Å². The van der Waals surface area contributed by atoms with Crippen LogP contribution in [0.15, 0.2) is 40.4 Å². The van der Waals surface area contributed by atoms with Crippen molar-refractivity contribution in [1.82, 2.24) is 10.2 Å². The number of benzene rings is 1. The minimum atomic E-state index is -0.645. The van der Waals surface area contributed by atoms with E-state index in [1.807, 2.05) is 20.8 Å². The Kier molecular flexibility index (Phi) is 6.05. The van der Waals surface area contributed by atoms with Crippen molar-refractivity contribution < 1.29 is 33.0 Å². The van der Waals surface area contributed by atoms with E-state index in [2.05, 4.69) is 10.1 Å². The first-order chi connectivity index (χ1) is 14.6. The summed E-state index contributed by atoms with van der Waals surface area (Å²) in [5, 5.41) is 2.56. The molecule has 3 amide bonds. The number of carbonyl (C=O) groups is 3. The Hall–Kier alpha value is -3.75. The van der Waals surface area contributed by atoms with Gasteiger partial charge in [0.25, 0.3) is 5.91 Å². The molecule has 1 saturated heterocycles. The summed E-state index contributed by atoms with van der Waals surface area (Å²) >= 11 is 0. The molecule has 1 aliphatic rings. The molecule has 31 heavy (non-hydrogen) atoms. The molecule has 1 aliphatic heterocycles. The Balaban J connectivity index is 1.87. The standard InChI is InChI=1S/C22H24N2O7/c1-22(2,3)31-18-13(7-6-8-16(18)28-4)11-15-19(25)24(21(27)23-15)12-14-9-10-17(30-14)20(26)29-5/h6-11H,12H2,1-5H3,(H,23,27)/b15-11+. The number of urea groups is 1. The number of nitrogens with zero attached hydrogens (tertiary/aromatic N) is 1. The van der Waals surface area contributed by atoms with Crippen LogP contribution in [0.4, 0.5) is 4.79 Å². The fourth-order valence-electron chi connectivity index (χ4n) is 2.92. The van der Waals surface area contributed by atoms with Crippen molar-refractivity contribution in [2.45, 2.75) is 32.9 Å². The highest BCUT2D eigenvalue weighted by Gasteiger charge is 2.35. The largest absolute Gasteiger partial charge is 0.493 e. The van der Waals surface area contributed by atoms with Crippen LogP contribution in [0.2, 0.25) is 0 Å². The van der Waals surface area contributed by atoms with E-state index < -0.39 is 23.5 Å². The average Bonchev–Trinajstić information content (AvgIpc) is 3.28. The van der Waals surface area contributed by atoms with E-state index in [1.54, 1.807) is 18.2 Å². The highest BCUT2D eigenvalue weighted by molar-refractivity contribution is 6.14. The van der Waals surface area contributed by atoms with E-state index in [9.17, 15) is 14.4 Å². The maximum Gasteiger partial charge on any atom is 0.373 e. The van der Waals surface area contributed by atoms with Gasteiger partial charge in [-0.3, -0.25) is 9.69 Å². The Labute approximate surface area is 179 Å². The first-order valence-corrected chi connectivity index (χ1v) is 9.50. The van der Waals surface area contributed by atoms with E-state index in [-0.39, 0.29) is 23.8 Å². The summed E-state index contributed by atoms with van der Waals surface area (Å²) in [4.78, 5) is 37.7. The van der Waals surface area contributed by atoms with Crippen molar-refractivity contribution in [3.8, 4) is 11.5 Å². The van der Waals surface area contributed by atoms with E-state index in [4.69, 9.17) is 13.9 Å². The number of esters is 1. The summed E-state index contributed by atoms with van der Waals surface area (Å²) in [6.07, 6.45) is 1.53. The minimum Gasteiger partial charge on any atom is -0.493 e. The number of hydrogen-bond donors (Lipinski definition) is 1. The first-order valence-electron chi connectivity index (χ1n) is 9.50. The van der Waals surface area contributed by atoms with Crippen molar-refractivity contribution in [2.24, 2.45) is 0 Å². The van der Waals surface area contributed by atoms with Gasteiger partial charge in [0.05, 0.1) is 20.8 Å². The van der Waals surface area contributed by atoms with Gasteiger partial charge in [0, 0.05) is 5.56 Å². The summed E-state index contributed by atoms with van der Waals surface area (Å²) in [5.41, 5.74) is 0.149. The predicted octanol–water partition coefficient (Wildman–Crippen LogP) is 3.35. The Morgan fingerprint density at radius 1 is 1.16 bits per heavy atom. The zero-order valence-corrected chi connectivity index (χ0v) is 18.0. The summed E-state index contributed by atoms with van der Waals surface area (Å²) in [5.74, 6) is 0.0334. The lowest BCUT2D eigenvalue weighted by atomic mass is 10.1. The molecule has 0 atom stereocenters. The molecular formula is C22H24N2O7. The van der Waals surface area contributed by atoms with Crippen LogP contribution < -0.4 is 14.8 Å². The smallest absolute Gasteiger partial charge is 0.373 e. The number of rotatable bonds is 6. The third-order valence-corrected chi connectivity index (χ3v) is 4.26. The van der Waals surface area contributed by atoms with Gasteiger partial charge >= 0.3 is 12.0 Å². The van der Waals surface area contributed by atoms with E-state index in [0.717, 1.165) is 4.90 Å². The van der Waals surface area contributed by atoms with Crippen molar-refractivity contribution in [1.29, 1.82) is 0 Å². The average molecular weight is 428 g/mol. The van der Waals surface area contributed by atoms with Crippen LogP contribution in [0.3, 0.4) is 0 Å². The number of para-hydroxylation sites is 1. The van der Waals surface area contributed by atoms with Crippen LogP contribution >= 0.6 is 0 Å². The molecule has 0 aliphatic carbocycles. The number of amides is 3. The number of hydrogen-bond acceptors (Lipinski definition) is 7. The molecule has 2 heterocycles. The van der Waals surface area contributed by atoms with Gasteiger partial charge in [-0.05, 0) is 45.0 Å². The molecule has 0 radical (unpaired) electrons. The number of methoxy groups -OCH3 is 2. The van der Waals surface area contributed by atoms with Crippen LogP contribution in [0.1, 0.15) is 42.6 Å². The second-order valence-corrected chi connectivity index (χ2v) is 7.73. The van der Waals surface area contributed by atoms with Gasteiger partial charge < -0.3 is 23.9 Å². The monoisotopic (exact) mass is 428 g/mol. The second-order valence-electron chi connectivity index (χ2n) is 7.73. The van der Waals surface area contributed by atoms with E-state index in [0.29, 0.717) is 17.1 Å². The maximum atomic E-state index is 12.8. The topological polar surface area (TPSA) is 107 Å². The van der Waals surface area contributed by atoms with Gasteiger partial charge in [-0.25, -0.2) is 9.59 Å². The summed E-state index contributed by atoms with van der Waals surface area (Å²) < 4.78 is 21.3. The van der Waals surface area contributed by atoms with Gasteiger partial charge in [-0.15, -0.1) is 0 Å². The fourth-order valence-corrected chi connectivity index (χ4v) is 2.92. The maximum absolute atomic E-state index is 12.8. The molecule has 0 unspecified atom stereocenters. The number of furan rings is 1. The highest BCUT2D eigenvalue weighted by atomic mass is 16.5. The van der Waals surface area contributed by atoms with Gasteiger partial charge in [0.15, 0.2) is 11.5 Å². The van der Waals surface area contributed by atoms with Crippen LogP contribution in [0.25, 0.3) is 6.08 Å². The van der Waals surface area contributed by atoms with Crippen LogP contribution in [0.5, 0.6) is 11.5 Å². The van der Waals surface area contributed by atoms with Crippen LogP contribution in [0, 0.1) is 0 Å². The number of nitrogens with one attached hydrogen (secondary N) is 1. The van der Waals surface area contributed by atoms with Crippen LogP contribution in [-0.2, 0) is 16.1 Å². The molecule has 2 aromatic rings. The lowest BCUT2D eigenvalue weighted by Crippen LogP contribution is -2.30. The molecule has 1 N–H and O–H groups in total. The third kappa shape index (κ3) is 4.88. The number of carbonyl (C=O) groups excluding carboxylic acids is 3. The SMILES string of the molecule is COC(=O)c1ccc(CN2C(=O)N/C(=C/c3cccc(OC)c3OC(C)(C)C)C2=O)o1. The van der Waals surface area contributed by atoms with Crippen molar-refractivity contribution in [3.05, 3.63) is 53.1 Å². The predicted molar refractivity (Wildman–Crippen MR) is 110 cm³/mol. The number of ether oxygens (including phenoxy) is 3. The van der Waals surface area contributed by atoms with Crippen LogP contribution in [-0.4, -0.2) is 42.6 Å². The number of imide groups is 1.